The summed E-state index contributed by atoms with van der Waals surface area (Å²) in [5.41, 5.74) is 4.03. The molecule has 24 heavy (non-hydrogen) atoms. The maximum atomic E-state index is 12.3. The number of fused-ring (bicyclic) bond motifs is 1. The zero-order valence-electron chi connectivity index (χ0n) is 13.5. The van der Waals surface area contributed by atoms with Crippen LogP contribution in [0.3, 0.4) is 0 Å². The van der Waals surface area contributed by atoms with Gasteiger partial charge in [0, 0.05) is 31.8 Å². The first kappa shape index (κ1) is 15.7. The summed E-state index contributed by atoms with van der Waals surface area (Å²) in [5.74, 6) is -0.362. The molecular weight excluding hydrogens is 304 g/mol. The van der Waals surface area contributed by atoms with Crippen molar-refractivity contribution in [1.82, 2.24) is 14.9 Å². The quantitative estimate of drug-likeness (QED) is 0.775. The van der Waals surface area contributed by atoms with E-state index in [1.54, 1.807) is 30.6 Å². The van der Waals surface area contributed by atoms with E-state index in [1.807, 2.05) is 29.8 Å². The molecule has 0 radical (unpaired) electrons. The lowest BCUT2D eigenvalue weighted by molar-refractivity contribution is -0.114. The van der Waals surface area contributed by atoms with Crippen LogP contribution in [0.1, 0.15) is 22.8 Å². The normalized spacial score (nSPS) is 10.6. The molecule has 0 spiro atoms. The van der Waals surface area contributed by atoms with E-state index in [2.05, 4.69) is 15.6 Å². The Morgan fingerprint density at radius 3 is 2.79 bits per heavy atom. The highest BCUT2D eigenvalue weighted by molar-refractivity contribution is 5.96. The number of amides is 2. The molecule has 6 nitrogen and oxygen atoms in total. The second kappa shape index (κ2) is 6.54. The van der Waals surface area contributed by atoms with Crippen molar-refractivity contribution in [3.05, 3.63) is 59.9 Å². The van der Waals surface area contributed by atoms with E-state index in [1.165, 1.54) is 6.92 Å². The molecule has 0 bridgehead atoms. The highest BCUT2D eigenvalue weighted by Gasteiger charge is 2.07. The largest absolute Gasteiger partial charge is 0.348 e. The summed E-state index contributed by atoms with van der Waals surface area (Å²) >= 11 is 0. The minimum Gasteiger partial charge on any atom is -0.348 e. The van der Waals surface area contributed by atoms with Crippen molar-refractivity contribution in [3.8, 4) is 0 Å². The van der Waals surface area contributed by atoms with Gasteiger partial charge < -0.3 is 15.2 Å². The maximum Gasteiger partial charge on any atom is 0.251 e. The lowest BCUT2D eigenvalue weighted by atomic mass is 10.1. The van der Waals surface area contributed by atoms with Crippen LogP contribution in [0, 0.1) is 0 Å². The first-order valence-corrected chi connectivity index (χ1v) is 7.59. The van der Waals surface area contributed by atoms with Crippen molar-refractivity contribution in [1.29, 1.82) is 0 Å². The molecule has 2 aromatic carbocycles. The average Bonchev–Trinajstić information content (AvgIpc) is 2.93. The molecule has 0 unspecified atom stereocenters. The van der Waals surface area contributed by atoms with Gasteiger partial charge in [-0.3, -0.25) is 9.59 Å². The Kier molecular flexibility index (Phi) is 4.29. The number of benzene rings is 2. The summed E-state index contributed by atoms with van der Waals surface area (Å²) in [6.07, 6.45) is 1.76. The molecule has 3 aromatic rings. The van der Waals surface area contributed by atoms with Gasteiger partial charge in [-0.1, -0.05) is 12.1 Å². The molecule has 122 valence electrons. The first-order valence-electron chi connectivity index (χ1n) is 7.59. The number of carbonyl (C=O) groups is 2. The summed E-state index contributed by atoms with van der Waals surface area (Å²) in [7, 11) is 1.94. The van der Waals surface area contributed by atoms with Gasteiger partial charge >= 0.3 is 0 Å². The fraction of sp³-hybridized carbons (Fsp3) is 0.167. The van der Waals surface area contributed by atoms with Crippen molar-refractivity contribution in [2.75, 3.05) is 5.32 Å². The summed E-state index contributed by atoms with van der Waals surface area (Å²) < 4.78 is 1.95. The number of hydrogen-bond acceptors (Lipinski definition) is 3. The van der Waals surface area contributed by atoms with Gasteiger partial charge in [-0.15, -0.1) is 0 Å². The third kappa shape index (κ3) is 3.43. The predicted molar refractivity (Wildman–Crippen MR) is 92.6 cm³/mol. The molecule has 2 amide bonds. The van der Waals surface area contributed by atoms with Crippen LogP contribution in [-0.4, -0.2) is 21.4 Å². The number of imidazole rings is 1. The average molecular weight is 322 g/mol. The van der Waals surface area contributed by atoms with Crippen LogP contribution < -0.4 is 10.6 Å². The van der Waals surface area contributed by atoms with Gasteiger partial charge in [0.05, 0.1) is 17.4 Å². The van der Waals surface area contributed by atoms with Gasteiger partial charge in [-0.25, -0.2) is 4.98 Å². The van der Waals surface area contributed by atoms with Crippen molar-refractivity contribution >= 4 is 28.5 Å². The molecule has 6 heteroatoms. The number of hydrogen-bond donors (Lipinski definition) is 2. The standard InChI is InChI=1S/C18H18N4O2/c1-12(23)21-15-5-3-4-14(9-15)18(24)19-10-13-6-7-17-16(8-13)20-11-22(17)2/h3-9,11H,10H2,1-2H3,(H,19,24)(H,21,23). The number of carbonyl (C=O) groups excluding carboxylic acids is 2. The van der Waals surface area contributed by atoms with Crippen molar-refractivity contribution in [2.24, 2.45) is 7.05 Å². The van der Waals surface area contributed by atoms with E-state index in [0.29, 0.717) is 17.8 Å². The molecule has 0 aliphatic carbocycles. The van der Waals surface area contributed by atoms with Crippen molar-refractivity contribution < 1.29 is 9.59 Å². The summed E-state index contributed by atoms with van der Waals surface area (Å²) in [6, 6.07) is 12.8. The van der Waals surface area contributed by atoms with Gasteiger partial charge in [0.2, 0.25) is 5.91 Å². The first-order chi connectivity index (χ1) is 11.5. The fourth-order valence-electron chi connectivity index (χ4n) is 2.52. The Morgan fingerprint density at radius 1 is 1.17 bits per heavy atom. The molecule has 0 saturated carbocycles. The van der Waals surface area contributed by atoms with Crippen LogP contribution in [0.15, 0.2) is 48.8 Å². The lowest BCUT2D eigenvalue weighted by Crippen LogP contribution is -2.23. The van der Waals surface area contributed by atoms with E-state index in [0.717, 1.165) is 16.6 Å². The number of rotatable bonds is 4. The van der Waals surface area contributed by atoms with Crippen LogP contribution in [0.2, 0.25) is 0 Å². The summed E-state index contributed by atoms with van der Waals surface area (Å²) in [4.78, 5) is 27.7. The second-order valence-electron chi connectivity index (χ2n) is 5.62. The Balaban J connectivity index is 1.69. The Labute approximate surface area is 139 Å². The second-order valence-corrected chi connectivity index (χ2v) is 5.62. The molecule has 0 aliphatic rings. The molecule has 0 fully saturated rings. The number of aromatic nitrogens is 2. The monoisotopic (exact) mass is 322 g/mol. The molecule has 2 N–H and O–H groups in total. The molecule has 0 atom stereocenters. The summed E-state index contributed by atoms with van der Waals surface area (Å²) in [6.45, 7) is 1.84. The zero-order valence-corrected chi connectivity index (χ0v) is 13.5. The third-order valence-electron chi connectivity index (χ3n) is 3.69. The fourth-order valence-corrected chi connectivity index (χ4v) is 2.52. The number of anilines is 1. The van der Waals surface area contributed by atoms with Gasteiger partial charge in [0.15, 0.2) is 0 Å². The zero-order chi connectivity index (χ0) is 17.1. The van der Waals surface area contributed by atoms with Crippen LogP contribution >= 0.6 is 0 Å². The smallest absolute Gasteiger partial charge is 0.251 e. The minimum absolute atomic E-state index is 0.170. The summed E-state index contributed by atoms with van der Waals surface area (Å²) in [5, 5.41) is 5.55. The van der Waals surface area contributed by atoms with E-state index in [9.17, 15) is 9.59 Å². The Bertz CT molecular complexity index is 914. The SMILES string of the molecule is CC(=O)Nc1cccc(C(=O)NCc2ccc3c(c2)ncn3C)c1. The third-order valence-corrected chi connectivity index (χ3v) is 3.69. The molecule has 0 saturated heterocycles. The highest BCUT2D eigenvalue weighted by Crippen LogP contribution is 2.14. The van der Waals surface area contributed by atoms with E-state index in [-0.39, 0.29) is 11.8 Å². The Morgan fingerprint density at radius 2 is 2.00 bits per heavy atom. The van der Waals surface area contributed by atoms with E-state index < -0.39 is 0 Å². The van der Waals surface area contributed by atoms with Crippen molar-refractivity contribution in [3.63, 3.8) is 0 Å². The Hall–Kier alpha value is -3.15. The van der Waals surface area contributed by atoms with E-state index >= 15 is 0 Å². The van der Waals surface area contributed by atoms with Crippen molar-refractivity contribution in [2.45, 2.75) is 13.5 Å². The highest BCUT2D eigenvalue weighted by atomic mass is 16.2. The minimum atomic E-state index is -0.191. The van der Waals surface area contributed by atoms with Gasteiger partial charge in [-0.2, -0.15) is 0 Å². The topological polar surface area (TPSA) is 76.0 Å². The molecule has 1 heterocycles. The van der Waals surface area contributed by atoms with Crippen LogP contribution in [0.25, 0.3) is 11.0 Å². The molecular formula is C18H18N4O2. The molecule has 3 rings (SSSR count). The van der Waals surface area contributed by atoms with Crippen LogP contribution in [0.5, 0.6) is 0 Å². The van der Waals surface area contributed by atoms with Gasteiger partial charge in [0.1, 0.15) is 0 Å². The maximum absolute atomic E-state index is 12.3. The van der Waals surface area contributed by atoms with E-state index in [4.69, 9.17) is 0 Å². The van der Waals surface area contributed by atoms with Crippen LogP contribution in [0.4, 0.5) is 5.69 Å². The van der Waals surface area contributed by atoms with Crippen LogP contribution in [-0.2, 0) is 18.4 Å². The number of nitrogens with one attached hydrogen (secondary N) is 2. The van der Waals surface area contributed by atoms with Gasteiger partial charge in [0.25, 0.3) is 5.91 Å². The van der Waals surface area contributed by atoms with Gasteiger partial charge in [-0.05, 0) is 35.9 Å². The predicted octanol–water partition coefficient (Wildman–Crippen LogP) is 2.46. The lowest BCUT2D eigenvalue weighted by Gasteiger charge is -2.08. The number of aryl methyl sites for hydroxylation is 1. The number of nitrogens with zero attached hydrogens (tertiary/aromatic N) is 2. The molecule has 1 aromatic heterocycles. The molecule has 0 aliphatic heterocycles.